The van der Waals surface area contributed by atoms with Crippen LogP contribution in [-0.2, 0) is 16.1 Å². The van der Waals surface area contributed by atoms with Gasteiger partial charge in [-0.15, -0.1) is 0 Å². The molecule has 2 heterocycles. The van der Waals surface area contributed by atoms with Crippen LogP contribution >= 0.6 is 50.5 Å². The minimum Gasteiger partial charge on any atom is -0.493 e. The summed E-state index contributed by atoms with van der Waals surface area (Å²) in [7, 11) is 1.54. The fourth-order valence-electron chi connectivity index (χ4n) is 4.89. The summed E-state index contributed by atoms with van der Waals surface area (Å²) in [4.78, 5) is 32.5. The molecule has 0 unspecified atom stereocenters. The number of hydrogen-bond acceptors (Lipinski definition) is 8. The van der Waals surface area contributed by atoms with Crippen LogP contribution in [-0.4, -0.2) is 30.9 Å². The second-order valence-corrected chi connectivity index (χ2v) is 12.6. The highest BCUT2D eigenvalue weighted by Crippen LogP contribution is 2.41. The van der Waals surface area contributed by atoms with Crippen molar-refractivity contribution in [1.29, 1.82) is 0 Å². The van der Waals surface area contributed by atoms with Crippen molar-refractivity contribution in [3.05, 3.63) is 117 Å². The van der Waals surface area contributed by atoms with Crippen LogP contribution in [0.2, 0.25) is 10.0 Å². The van der Waals surface area contributed by atoms with Crippen molar-refractivity contribution >= 4 is 62.5 Å². The van der Waals surface area contributed by atoms with Crippen LogP contribution < -0.4 is 29.1 Å². The van der Waals surface area contributed by atoms with E-state index in [1.807, 2.05) is 37.3 Å². The number of benzene rings is 3. The first kappa shape index (κ1) is 32.8. The van der Waals surface area contributed by atoms with Crippen LogP contribution in [0.1, 0.15) is 43.5 Å². The molecule has 45 heavy (non-hydrogen) atoms. The Morgan fingerprint density at radius 1 is 1.04 bits per heavy atom. The number of carbonyl (C=O) groups is 1. The van der Waals surface area contributed by atoms with Gasteiger partial charge in [-0.05, 0) is 74.4 Å². The summed E-state index contributed by atoms with van der Waals surface area (Å²) < 4.78 is 25.3. The fourth-order valence-corrected chi connectivity index (χ4v) is 6.93. The lowest BCUT2D eigenvalue weighted by atomic mass is 9.95. The number of esters is 1. The number of hydrogen-bond donors (Lipinski definition) is 0. The summed E-state index contributed by atoms with van der Waals surface area (Å²) in [5, 5.41) is 1.09. The third kappa shape index (κ3) is 6.99. The van der Waals surface area contributed by atoms with Crippen LogP contribution in [0.15, 0.2) is 80.1 Å². The van der Waals surface area contributed by atoms with E-state index >= 15 is 0 Å². The Hall–Kier alpha value is -3.57. The molecule has 0 radical (unpaired) electrons. The molecule has 234 valence electrons. The summed E-state index contributed by atoms with van der Waals surface area (Å²) in [5.41, 5.74) is 2.67. The van der Waals surface area contributed by atoms with Gasteiger partial charge in [-0.1, -0.05) is 68.7 Å². The summed E-state index contributed by atoms with van der Waals surface area (Å²) in [6, 6.07) is 15.3. The van der Waals surface area contributed by atoms with Crippen molar-refractivity contribution in [1.82, 2.24) is 4.57 Å². The summed E-state index contributed by atoms with van der Waals surface area (Å²) >= 11 is 17.1. The molecule has 1 aliphatic rings. The lowest BCUT2D eigenvalue weighted by Crippen LogP contribution is -2.40. The van der Waals surface area contributed by atoms with Gasteiger partial charge < -0.3 is 18.9 Å². The van der Waals surface area contributed by atoms with Gasteiger partial charge in [0.25, 0.3) is 5.56 Å². The van der Waals surface area contributed by atoms with Crippen molar-refractivity contribution in [2.45, 2.75) is 33.4 Å². The number of nitrogens with zero attached hydrogens (tertiary/aromatic N) is 2. The van der Waals surface area contributed by atoms with E-state index in [0.29, 0.717) is 59.0 Å². The average Bonchev–Trinajstić information content (AvgIpc) is 3.31. The molecule has 4 aromatic rings. The predicted octanol–water partition coefficient (Wildman–Crippen LogP) is 6.85. The van der Waals surface area contributed by atoms with E-state index < -0.39 is 12.0 Å². The van der Waals surface area contributed by atoms with Gasteiger partial charge in [-0.25, -0.2) is 9.79 Å². The van der Waals surface area contributed by atoms with Crippen LogP contribution in [0.25, 0.3) is 6.08 Å². The molecule has 1 aromatic heterocycles. The van der Waals surface area contributed by atoms with Gasteiger partial charge in [0.05, 0.1) is 42.2 Å². The Labute approximate surface area is 282 Å². The maximum absolute atomic E-state index is 14.0. The average molecular weight is 732 g/mol. The van der Waals surface area contributed by atoms with E-state index in [1.165, 1.54) is 23.0 Å². The van der Waals surface area contributed by atoms with Gasteiger partial charge in [0, 0.05) is 20.1 Å². The van der Waals surface area contributed by atoms with Crippen molar-refractivity contribution in [2.24, 2.45) is 4.99 Å². The molecule has 0 bridgehead atoms. The van der Waals surface area contributed by atoms with Crippen LogP contribution in [0.5, 0.6) is 17.2 Å². The quantitative estimate of drug-likeness (QED) is 0.166. The fraction of sp³-hybridized carbons (Fsp3) is 0.242. The lowest BCUT2D eigenvalue weighted by molar-refractivity contribution is -0.139. The SMILES string of the molecule is CCOC(=O)C1=C(C)N=c2s/c(=C/c3ccc(OCc4ccc(Cl)cc4Cl)cc3)c(=O)n2[C@H]1c1cc(OC)c(OCC)cc1Br. The largest absolute Gasteiger partial charge is 0.493 e. The number of carbonyl (C=O) groups excluding carboxylic acids is 1. The topological polar surface area (TPSA) is 88.4 Å². The molecule has 3 aromatic carbocycles. The van der Waals surface area contributed by atoms with E-state index in [4.69, 9.17) is 42.1 Å². The van der Waals surface area contributed by atoms with E-state index in [2.05, 4.69) is 20.9 Å². The standard InChI is InChI=1S/C33H29BrCl2N2O6S/c1-5-42-27-16-24(34)23(15-26(27)41-4)30-29(32(40)43-6-2)18(3)37-33-38(30)31(39)28(45-33)13-19-7-11-22(12-8-19)44-17-20-9-10-21(35)14-25(20)36/h7-16,30H,5-6,17H2,1-4H3/b28-13+/t30-/m0/s1. The molecule has 8 nitrogen and oxygen atoms in total. The maximum Gasteiger partial charge on any atom is 0.338 e. The first-order valence-electron chi connectivity index (χ1n) is 14.0. The normalized spacial score (nSPS) is 14.6. The van der Waals surface area contributed by atoms with Crippen LogP contribution in [0.3, 0.4) is 0 Å². The van der Waals surface area contributed by atoms with Crippen molar-refractivity contribution in [2.75, 3.05) is 20.3 Å². The Morgan fingerprint density at radius 3 is 2.47 bits per heavy atom. The predicted molar refractivity (Wildman–Crippen MR) is 179 cm³/mol. The number of aromatic nitrogens is 1. The number of fused-ring (bicyclic) bond motifs is 1. The van der Waals surface area contributed by atoms with E-state index in [1.54, 1.807) is 44.2 Å². The molecule has 12 heteroatoms. The first-order valence-corrected chi connectivity index (χ1v) is 16.4. The Bertz CT molecular complexity index is 1970. The molecule has 1 aliphatic heterocycles. The van der Waals surface area contributed by atoms with Gasteiger partial charge in [0.15, 0.2) is 16.3 Å². The van der Waals surface area contributed by atoms with E-state index in [-0.39, 0.29) is 24.3 Å². The van der Waals surface area contributed by atoms with E-state index in [9.17, 15) is 9.59 Å². The summed E-state index contributed by atoms with van der Waals surface area (Å²) in [5.74, 6) is 1.10. The van der Waals surface area contributed by atoms with Gasteiger partial charge in [-0.3, -0.25) is 9.36 Å². The molecule has 0 saturated carbocycles. The minimum atomic E-state index is -0.822. The molecular formula is C33H29BrCl2N2O6S. The monoisotopic (exact) mass is 730 g/mol. The Kier molecular flexibility index (Phi) is 10.4. The number of halogens is 3. The van der Waals surface area contributed by atoms with E-state index in [0.717, 1.165) is 11.1 Å². The Morgan fingerprint density at radius 2 is 1.80 bits per heavy atom. The third-order valence-electron chi connectivity index (χ3n) is 6.98. The third-order valence-corrected chi connectivity index (χ3v) is 9.24. The van der Waals surface area contributed by atoms with Gasteiger partial charge in [-0.2, -0.15) is 0 Å². The minimum absolute atomic E-state index is 0.174. The highest BCUT2D eigenvalue weighted by molar-refractivity contribution is 9.10. The zero-order chi connectivity index (χ0) is 32.2. The highest BCUT2D eigenvalue weighted by Gasteiger charge is 2.35. The zero-order valence-electron chi connectivity index (χ0n) is 24.9. The van der Waals surface area contributed by atoms with Crippen LogP contribution in [0, 0.1) is 0 Å². The zero-order valence-corrected chi connectivity index (χ0v) is 28.8. The number of rotatable bonds is 10. The van der Waals surface area contributed by atoms with Gasteiger partial charge >= 0.3 is 5.97 Å². The van der Waals surface area contributed by atoms with Crippen molar-refractivity contribution in [3.8, 4) is 17.2 Å². The number of ether oxygens (including phenoxy) is 4. The number of allylic oxidation sites excluding steroid dienone is 1. The summed E-state index contributed by atoms with van der Waals surface area (Å²) in [6.45, 7) is 6.24. The molecular weight excluding hydrogens is 703 g/mol. The van der Waals surface area contributed by atoms with Gasteiger partial charge in [0.1, 0.15) is 12.4 Å². The van der Waals surface area contributed by atoms with Crippen molar-refractivity contribution in [3.63, 3.8) is 0 Å². The number of thiazole rings is 1. The molecule has 0 spiro atoms. The Balaban J connectivity index is 1.54. The highest BCUT2D eigenvalue weighted by atomic mass is 79.9. The van der Waals surface area contributed by atoms with Crippen LogP contribution in [0.4, 0.5) is 0 Å². The second kappa shape index (κ2) is 14.2. The number of methoxy groups -OCH3 is 1. The molecule has 0 aliphatic carbocycles. The van der Waals surface area contributed by atoms with Crippen molar-refractivity contribution < 1.29 is 23.7 Å². The molecule has 1 atom stereocenters. The molecule has 0 amide bonds. The lowest BCUT2D eigenvalue weighted by Gasteiger charge is -2.26. The molecule has 0 fully saturated rings. The maximum atomic E-state index is 14.0. The smallest absolute Gasteiger partial charge is 0.338 e. The molecule has 0 saturated heterocycles. The molecule has 0 N–H and O–H groups in total. The first-order chi connectivity index (χ1) is 21.6. The summed E-state index contributed by atoms with van der Waals surface area (Å²) in [6.07, 6.45) is 1.79. The second-order valence-electron chi connectivity index (χ2n) is 9.85. The van der Waals surface area contributed by atoms with Gasteiger partial charge in [0.2, 0.25) is 0 Å². The molecule has 5 rings (SSSR count).